The Labute approximate surface area is 90.9 Å². The van der Waals surface area contributed by atoms with Crippen molar-refractivity contribution in [3.63, 3.8) is 0 Å². The molecule has 0 atom stereocenters. The van der Waals surface area contributed by atoms with E-state index < -0.39 is 5.97 Å². The minimum atomic E-state index is -1.12. The number of carbonyl (C=O) groups is 1. The zero-order valence-electron chi connectivity index (χ0n) is 7.51. The molecule has 0 aromatic carbocycles. The van der Waals surface area contributed by atoms with Gasteiger partial charge in [-0.15, -0.1) is 5.10 Å². The van der Waals surface area contributed by atoms with E-state index in [1.807, 2.05) is 0 Å². The number of aromatic nitrogens is 3. The third kappa shape index (κ3) is 1.45. The molecule has 6 nitrogen and oxygen atoms in total. The van der Waals surface area contributed by atoms with E-state index in [0.717, 1.165) is 0 Å². The van der Waals surface area contributed by atoms with Crippen LogP contribution in [0.4, 0.5) is 5.82 Å². The SMILES string of the molecule is Nc1nn2cccnc2c1C(=O)O.[Li]. The van der Waals surface area contributed by atoms with Crippen LogP contribution in [0.2, 0.25) is 0 Å². The predicted molar refractivity (Wildman–Crippen MR) is 50.1 cm³/mol. The van der Waals surface area contributed by atoms with Crippen molar-refractivity contribution < 1.29 is 9.90 Å². The molecule has 0 amide bonds. The number of hydrogen-bond donors (Lipinski definition) is 2. The van der Waals surface area contributed by atoms with Crippen LogP contribution in [-0.2, 0) is 0 Å². The van der Waals surface area contributed by atoms with Crippen LogP contribution in [0, 0.1) is 0 Å². The number of carboxylic acids is 1. The average Bonchev–Trinajstić information content (AvgIpc) is 2.39. The molecule has 3 N–H and O–H groups in total. The Bertz CT molecular complexity index is 481. The molecule has 2 aromatic rings. The molecule has 0 saturated carbocycles. The van der Waals surface area contributed by atoms with Crippen LogP contribution < -0.4 is 5.73 Å². The number of fused-ring (bicyclic) bond motifs is 1. The standard InChI is InChI=1S/C7H6N4O2.Li/c8-5-4(7(12)13)6-9-2-1-3-11(6)10-5;/h1-3H,(H2,8,10)(H,12,13);. The van der Waals surface area contributed by atoms with Crippen molar-refractivity contribution in [2.24, 2.45) is 0 Å². The number of carboxylic acid groups (broad SMARTS) is 1. The van der Waals surface area contributed by atoms with Gasteiger partial charge in [-0.1, -0.05) is 0 Å². The average molecular weight is 185 g/mol. The van der Waals surface area contributed by atoms with Crippen LogP contribution in [0.3, 0.4) is 0 Å². The van der Waals surface area contributed by atoms with Crippen LogP contribution in [-0.4, -0.2) is 44.5 Å². The molecule has 0 aliphatic rings. The molecule has 0 spiro atoms. The molecule has 0 aliphatic heterocycles. The minimum absolute atomic E-state index is 0. The predicted octanol–water partition coefficient (Wildman–Crippen LogP) is -0.371. The van der Waals surface area contributed by atoms with Gasteiger partial charge < -0.3 is 10.8 Å². The van der Waals surface area contributed by atoms with Gasteiger partial charge in [0.1, 0.15) is 5.56 Å². The number of anilines is 1. The Morgan fingerprint density at radius 1 is 1.57 bits per heavy atom. The quantitative estimate of drug-likeness (QED) is 0.591. The van der Waals surface area contributed by atoms with Crippen LogP contribution in [0.5, 0.6) is 0 Å². The van der Waals surface area contributed by atoms with Crippen LogP contribution in [0.25, 0.3) is 5.65 Å². The van der Waals surface area contributed by atoms with Gasteiger partial charge in [0.15, 0.2) is 11.5 Å². The maximum absolute atomic E-state index is 10.7. The van der Waals surface area contributed by atoms with Crippen molar-refractivity contribution >= 4 is 36.3 Å². The van der Waals surface area contributed by atoms with Crippen molar-refractivity contribution in [2.75, 3.05) is 5.73 Å². The summed E-state index contributed by atoms with van der Waals surface area (Å²) in [6.45, 7) is 0. The molecule has 67 valence electrons. The number of nitrogens with two attached hydrogens (primary N) is 1. The fraction of sp³-hybridized carbons (Fsp3) is 0. The second-order valence-electron chi connectivity index (χ2n) is 2.45. The molecule has 0 unspecified atom stereocenters. The van der Waals surface area contributed by atoms with E-state index in [2.05, 4.69) is 10.1 Å². The Hall–Kier alpha value is -1.51. The van der Waals surface area contributed by atoms with Gasteiger partial charge in [0.05, 0.1) is 0 Å². The second kappa shape index (κ2) is 3.70. The number of nitrogens with zero attached hydrogens (tertiary/aromatic N) is 3. The Morgan fingerprint density at radius 3 is 2.93 bits per heavy atom. The Balaban J connectivity index is 0.000000980. The van der Waals surface area contributed by atoms with Crippen molar-refractivity contribution in [3.05, 3.63) is 24.0 Å². The number of hydrogen-bond acceptors (Lipinski definition) is 4. The summed E-state index contributed by atoms with van der Waals surface area (Å²) in [4.78, 5) is 14.6. The van der Waals surface area contributed by atoms with E-state index in [-0.39, 0.29) is 35.9 Å². The van der Waals surface area contributed by atoms with Crippen molar-refractivity contribution in [2.45, 2.75) is 0 Å². The summed E-state index contributed by atoms with van der Waals surface area (Å²) in [6.07, 6.45) is 3.08. The molecular weight excluding hydrogens is 179 g/mol. The molecular formula is C7H6LiN4O2. The summed E-state index contributed by atoms with van der Waals surface area (Å²) in [5.41, 5.74) is 5.60. The zero-order chi connectivity index (χ0) is 9.42. The monoisotopic (exact) mass is 185 g/mol. The van der Waals surface area contributed by atoms with Gasteiger partial charge in [-0.25, -0.2) is 14.3 Å². The molecule has 0 bridgehead atoms. The summed E-state index contributed by atoms with van der Waals surface area (Å²) in [7, 11) is 0. The second-order valence-corrected chi connectivity index (χ2v) is 2.45. The molecule has 1 radical (unpaired) electrons. The van der Waals surface area contributed by atoms with Gasteiger partial charge in [-0.2, -0.15) is 0 Å². The van der Waals surface area contributed by atoms with Gasteiger partial charge in [0.2, 0.25) is 0 Å². The third-order valence-electron chi connectivity index (χ3n) is 1.64. The van der Waals surface area contributed by atoms with Gasteiger partial charge >= 0.3 is 5.97 Å². The first-order valence-electron chi connectivity index (χ1n) is 3.52. The largest absolute Gasteiger partial charge is 0.477 e. The smallest absolute Gasteiger partial charge is 0.343 e. The van der Waals surface area contributed by atoms with E-state index in [4.69, 9.17) is 10.8 Å². The van der Waals surface area contributed by atoms with E-state index in [0.29, 0.717) is 0 Å². The van der Waals surface area contributed by atoms with Gasteiger partial charge in [0.25, 0.3) is 0 Å². The molecule has 0 aliphatic carbocycles. The molecule has 2 aromatic heterocycles. The van der Waals surface area contributed by atoms with Gasteiger partial charge in [-0.3, -0.25) is 0 Å². The molecule has 7 heteroatoms. The van der Waals surface area contributed by atoms with E-state index in [9.17, 15) is 4.79 Å². The van der Waals surface area contributed by atoms with Crippen molar-refractivity contribution in [1.82, 2.24) is 14.6 Å². The first kappa shape index (κ1) is 10.6. The Morgan fingerprint density at radius 2 is 2.29 bits per heavy atom. The summed E-state index contributed by atoms with van der Waals surface area (Å²) in [6, 6.07) is 1.64. The fourth-order valence-electron chi connectivity index (χ4n) is 1.11. The van der Waals surface area contributed by atoms with Gasteiger partial charge in [0, 0.05) is 31.3 Å². The fourth-order valence-corrected chi connectivity index (χ4v) is 1.11. The van der Waals surface area contributed by atoms with Gasteiger partial charge in [-0.05, 0) is 6.07 Å². The molecule has 2 heterocycles. The first-order chi connectivity index (χ1) is 6.20. The summed E-state index contributed by atoms with van der Waals surface area (Å²) in [5, 5.41) is 12.6. The number of rotatable bonds is 1. The zero-order valence-corrected chi connectivity index (χ0v) is 7.51. The van der Waals surface area contributed by atoms with Crippen LogP contribution in [0.1, 0.15) is 10.4 Å². The summed E-state index contributed by atoms with van der Waals surface area (Å²) in [5.74, 6) is -1.14. The Kier molecular flexibility index (Phi) is 2.79. The summed E-state index contributed by atoms with van der Waals surface area (Å²) >= 11 is 0. The van der Waals surface area contributed by atoms with Crippen LogP contribution in [0.15, 0.2) is 18.5 Å². The molecule has 14 heavy (non-hydrogen) atoms. The van der Waals surface area contributed by atoms with Crippen LogP contribution >= 0.6 is 0 Å². The third-order valence-corrected chi connectivity index (χ3v) is 1.64. The topological polar surface area (TPSA) is 93.5 Å². The van der Waals surface area contributed by atoms with E-state index in [1.54, 1.807) is 12.3 Å². The molecule has 0 saturated heterocycles. The molecule has 0 fully saturated rings. The minimum Gasteiger partial charge on any atom is -0.477 e. The number of nitrogen functional groups attached to an aromatic ring is 1. The summed E-state index contributed by atoms with van der Waals surface area (Å²) < 4.78 is 1.33. The normalized spacial score (nSPS) is 9.71. The molecule has 2 rings (SSSR count). The maximum atomic E-state index is 10.7. The van der Waals surface area contributed by atoms with Crippen molar-refractivity contribution in [1.29, 1.82) is 0 Å². The number of aromatic carboxylic acids is 1. The van der Waals surface area contributed by atoms with E-state index in [1.165, 1.54) is 10.7 Å². The van der Waals surface area contributed by atoms with Crippen molar-refractivity contribution in [3.8, 4) is 0 Å². The first-order valence-corrected chi connectivity index (χ1v) is 3.52. The van der Waals surface area contributed by atoms with E-state index >= 15 is 0 Å². The maximum Gasteiger partial charge on any atom is 0.343 e.